The van der Waals surface area contributed by atoms with Gasteiger partial charge >= 0.3 is 0 Å². The van der Waals surface area contributed by atoms with Gasteiger partial charge in [-0.25, -0.2) is 0 Å². The molecule has 2 atom stereocenters. The summed E-state index contributed by atoms with van der Waals surface area (Å²) in [5.41, 5.74) is 1.31. The molecule has 0 aliphatic carbocycles. The van der Waals surface area contributed by atoms with E-state index in [1.54, 1.807) is 18.2 Å². The van der Waals surface area contributed by atoms with Gasteiger partial charge in [0.2, 0.25) is 0 Å². The molecule has 2 rings (SSSR count). The van der Waals surface area contributed by atoms with Gasteiger partial charge in [-0.1, -0.05) is 17.9 Å². The first-order valence-corrected chi connectivity index (χ1v) is 6.80. The molecule has 0 spiro atoms. The van der Waals surface area contributed by atoms with Gasteiger partial charge in [0.15, 0.2) is 0 Å². The third-order valence-corrected chi connectivity index (χ3v) is 3.49. The molecule has 1 heterocycles. The average Bonchev–Trinajstić information content (AvgIpc) is 2.88. The van der Waals surface area contributed by atoms with Gasteiger partial charge < -0.3 is 15.2 Å². The first kappa shape index (κ1) is 14.6. The van der Waals surface area contributed by atoms with E-state index in [2.05, 4.69) is 17.2 Å². The summed E-state index contributed by atoms with van der Waals surface area (Å²) in [5, 5.41) is 11.6. The molecule has 2 N–H and O–H groups in total. The Kier molecular flexibility index (Phi) is 5.16. The smallest absolute Gasteiger partial charge is 0.251 e. The minimum Gasteiger partial charge on any atom is -0.384 e. The summed E-state index contributed by atoms with van der Waals surface area (Å²) in [5.74, 6) is 5.65. The lowest BCUT2D eigenvalue weighted by Gasteiger charge is -2.14. The molecule has 0 radical (unpaired) electrons. The van der Waals surface area contributed by atoms with Crippen LogP contribution in [0.15, 0.2) is 24.3 Å². The summed E-state index contributed by atoms with van der Waals surface area (Å²) in [7, 11) is 0. The topological polar surface area (TPSA) is 58.6 Å². The molecule has 1 saturated heterocycles. The standard InChI is InChI=1S/C16H19NO3/c1-12-15(7-9-20-12)11-17-16(19)14-6-2-4-13(10-14)5-3-8-18/h2,4,6,10,12,15,18H,7-9,11H2,1H3,(H,17,19). The molecule has 1 aromatic carbocycles. The maximum Gasteiger partial charge on any atom is 0.251 e. The number of aliphatic hydroxyl groups is 1. The van der Waals surface area contributed by atoms with E-state index < -0.39 is 0 Å². The molecule has 106 valence electrons. The van der Waals surface area contributed by atoms with Gasteiger partial charge in [-0.2, -0.15) is 0 Å². The first-order chi connectivity index (χ1) is 9.70. The molecule has 1 aliphatic rings. The Bertz CT molecular complexity index is 530. The van der Waals surface area contributed by atoms with Crippen LogP contribution in [-0.4, -0.2) is 36.9 Å². The first-order valence-electron chi connectivity index (χ1n) is 6.80. The molecule has 2 unspecified atom stereocenters. The van der Waals surface area contributed by atoms with E-state index in [-0.39, 0.29) is 18.6 Å². The Labute approximate surface area is 119 Å². The second-order valence-electron chi connectivity index (χ2n) is 4.88. The maximum atomic E-state index is 12.1. The summed E-state index contributed by atoms with van der Waals surface area (Å²) in [4.78, 5) is 12.1. The van der Waals surface area contributed by atoms with Gasteiger partial charge in [-0.3, -0.25) is 4.79 Å². The molecule has 0 bridgehead atoms. The number of carbonyl (C=O) groups excluding carboxylic acids is 1. The zero-order valence-electron chi connectivity index (χ0n) is 11.6. The Morgan fingerprint density at radius 2 is 2.40 bits per heavy atom. The van der Waals surface area contributed by atoms with Crippen LogP contribution in [0.1, 0.15) is 29.3 Å². The van der Waals surface area contributed by atoms with Crippen molar-refractivity contribution in [1.29, 1.82) is 0 Å². The molecule has 4 nitrogen and oxygen atoms in total. The van der Waals surface area contributed by atoms with Crippen molar-refractivity contribution in [1.82, 2.24) is 5.32 Å². The Hall–Kier alpha value is -1.83. The fourth-order valence-corrected chi connectivity index (χ4v) is 2.25. The van der Waals surface area contributed by atoms with Crippen LogP contribution in [0.25, 0.3) is 0 Å². The number of benzene rings is 1. The average molecular weight is 273 g/mol. The van der Waals surface area contributed by atoms with Crippen LogP contribution >= 0.6 is 0 Å². The molecular formula is C16H19NO3. The number of hydrogen-bond acceptors (Lipinski definition) is 3. The SMILES string of the molecule is CC1OCCC1CNC(=O)c1cccc(C#CCO)c1. The van der Waals surface area contributed by atoms with Gasteiger partial charge in [0.05, 0.1) is 6.10 Å². The summed E-state index contributed by atoms with van der Waals surface area (Å²) in [6, 6.07) is 7.09. The fraction of sp³-hybridized carbons (Fsp3) is 0.438. The van der Waals surface area contributed by atoms with Crippen LogP contribution in [0, 0.1) is 17.8 Å². The third-order valence-electron chi connectivity index (χ3n) is 3.49. The van der Waals surface area contributed by atoms with Crippen molar-refractivity contribution >= 4 is 5.91 Å². The molecule has 0 saturated carbocycles. The number of ether oxygens (including phenoxy) is 1. The quantitative estimate of drug-likeness (QED) is 0.813. The third kappa shape index (κ3) is 3.83. The lowest BCUT2D eigenvalue weighted by molar-refractivity contribution is 0.0907. The molecule has 1 amide bonds. The van der Waals surface area contributed by atoms with Crippen molar-refractivity contribution in [2.45, 2.75) is 19.4 Å². The summed E-state index contributed by atoms with van der Waals surface area (Å²) >= 11 is 0. The highest BCUT2D eigenvalue weighted by Gasteiger charge is 2.24. The van der Waals surface area contributed by atoms with Gasteiger partial charge in [0, 0.05) is 30.2 Å². The van der Waals surface area contributed by atoms with Crippen LogP contribution in [0.4, 0.5) is 0 Å². The second kappa shape index (κ2) is 7.09. The van der Waals surface area contributed by atoms with E-state index in [4.69, 9.17) is 9.84 Å². The lowest BCUT2D eigenvalue weighted by Crippen LogP contribution is -2.31. The highest BCUT2D eigenvalue weighted by molar-refractivity contribution is 5.94. The van der Waals surface area contributed by atoms with E-state index in [1.165, 1.54) is 0 Å². The number of nitrogens with one attached hydrogen (secondary N) is 1. The second-order valence-corrected chi connectivity index (χ2v) is 4.88. The van der Waals surface area contributed by atoms with E-state index in [0.717, 1.165) is 18.6 Å². The van der Waals surface area contributed by atoms with Crippen molar-refractivity contribution in [2.75, 3.05) is 19.8 Å². The molecule has 1 aliphatic heterocycles. The van der Waals surface area contributed by atoms with Crippen molar-refractivity contribution in [2.24, 2.45) is 5.92 Å². The maximum absolute atomic E-state index is 12.1. The van der Waals surface area contributed by atoms with Crippen LogP contribution in [0.2, 0.25) is 0 Å². The molecule has 1 fully saturated rings. The van der Waals surface area contributed by atoms with Crippen molar-refractivity contribution in [3.8, 4) is 11.8 Å². The van der Waals surface area contributed by atoms with E-state index in [1.807, 2.05) is 13.0 Å². The zero-order chi connectivity index (χ0) is 14.4. The van der Waals surface area contributed by atoms with Gasteiger partial charge in [-0.15, -0.1) is 0 Å². The highest BCUT2D eigenvalue weighted by Crippen LogP contribution is 2.19. The molecule has 4 heteroatoms. The highest BCUT2D eigenvalue weighted by atomic mass is 16.5. The van der Waals surface area contributed by atoms with Crippen LogP contribution < -0.4 is 5.32 Å². The summed E-state index contributed by atoms with van der Waals surface area (Å²) < 4.78 is 5.47. The van der Waals surface area contributed by atoms with Crippen molar-refractivity contribution in [3.63, 3.8) is 0 Å². The largest absolute Gasteiger partial charge is 0.384 e. The fourth-order valence-electron chi connectivity index (χ4n) is 2.25. The Morgan fingerprint density at radius 1 is 1.55 bits per heavy atom. The van der Waals surface area contributed by atoms with Gasteiger partial charge in [-0.05, 0) is 31.5 Å². The van der Waals surface area contributed by atoms with Gasteiger partial charge in [0.1, 0.15) is 6.61 Å². The van der Waals surface area contributed by atoms with Crippen LogP contribution in [-0.2, 0) is 4.74 Å². The molecular weight excluding hydrogens is 254 g/mol. The number of carbonyl (C=O) groups is 1. The number of aliphatic hydroxyl groups excluding tert-OH is 1. The van der Waals surface area contributed by atoms with E-state index in [9.17, 15) is 4.79 Å². The molecule has 20 heavy (non-hydrogen) atoms. The molecule has 1 aromatic rings. The Morgan fingerprint density at radius 3 is 3.10 bits per heavy atom. The predicted molar refractivity (Wildman–Crippen MR) is 76.3 cm³/mol. The number of hydrogen-bond donors (Lipinski definition) is 2. The van der Waals surface area contributed by atoms with Crippen molar-refractivity contribution in [3.05, 3.63) is 35.4 Å². The van der Waals surface area contributed by atoms with Crippen molar-refractivity contribution < 1.29 is 14.6 Å². The number of amides is 1. The predicted octanol–water partition coefficient (Wildman–Crippen LogP) is 1.19. The minimum absolute atomic E-state index is 0.100. The molecule has 0 aromatic heterocycles. The van der Waals surface area contributed by atoms with E-state index in [0.29, 0.717) is 18.0 Å². The van der Waals surface area contributed by atoms with E-state index >= 15 is 0 Å². The summed E-state index contributed by atoms with van der Waals surface area (Å²) in [6.45, 7) is 3.26. The monoisotopic (exact) mass is 273 g/mol. The van der Waals surface area contributed by atoms with Gasteiger partial charge in [0.25, 0.3) is 5.91 Å². The minimum atomic E-state index is -0.185. The lowest BCUT2D eigenvalue weighted by atomic mass is 10.0. The van der Waals surface area contributed by atoms with Crippen LogP contribution in [0.5, 0.6) is 0 Å². The summed E-state index contributed by atoms with van der Waals surface area (Å²) in [6.07, 6.45) is 1.20. The normalized spacial score (nSPS) is 21.1. The zero-order valence-corrected chi connectivity index (χ0v) is 11.6. The Balaban J connectivity index is 1.95. The van der Waals surface area contributed by atoms with Crippen LogP contribution in [0.3, 0.4) is 0 Å². The number of rotatable bonds is 3.